The van der Waals surface area contributed by atoms with Crippen molar-refractivity contribution in [1.82, 2.24) is 19.9 Å². The number of carbonyl (C=O) groups is 1. The van der Waals surface area contributed by atoms with Crippen molar-refractivity contribution in [2.75, 3.05) is 25.0 Å². The normalized spacial score (nSPS) is 13.4. The van der Waals surface area contributed by atoms with E-state index in [1.807, 2.05) is 43.6 Å². The Morgan fingerprint density at radius 2 is 1.80 bits per heavy atom. The minimum Gasteiger partial charge on any atom is -0.341 e. The fourth-order valence-corrected chi connectivity index (χ4v) is 3.77. The van der Waals surface area contributed by atoms with Gasteiger partial charge in [-0.05, 0) is 42.5 Å². The summed E-state index contributed by atoms with van der Waals surface area (Å²) in [5, 5.41) is 0. The number of hydrogen-bond acceptors (Lipinski definition) is 5. The van der Waals surface area contributed by atoms with Gasteiger partial charge < -0.3 is 9.80 Å². The van der Waals surface area contributed by atoms with E-state index >= 15 is 0 Å². The number of aryl methyl sites for hydroxylation is 1. The molecule has 1 aromatic carbocycles. The number of amides is 1. The van der Waals surface area contributed by atoms with Crippen molar-refractivity contribution >= 4 is 11.9 Å². The van der Waals surface area contributed by atoms with Crippen LogP contribution in [0.1, 0.15) is 30.5 Å². The largest absolute Gasteiger partial charge is 0.341 e. The van der Waals surface area contributed by atoms with Crippen LogP contribution in [0.3, 0.4) is 0 Å². The molecule has 154 valence electrons. The van der Waals surface area contributed by atoms with E-state index in [4.69, 9.17) is 4.98 Å². The van der Waals surface area contributed by atoms with Gasteiger partial charge in [-0.2, -0.15) is 0 Å². The van der Waals surface area contributed by atoms with Crippen molar-refractivity contribution < 1.29 is 4.79 Å². The standard InChI is InChI=1S/C24H27N5O/c1-28(23(30)10-9-19-7-3-2-4-8-19)18-22-21(20-11-13-25-14-12-20)17-26-24(27-22)29-15-5-6-16-29/h2-4,7-8,11-14,17H,5-6,9-10,15-16,18H2,1H3. The summed E-state index contributed by atoms with van der Waals surface area (Å²) < 4.78 is 0. The third kappa shape index (κ3) is 4.82. The van der Waals surface area contributed by atoms with Crippen LogP contribution < -0.4 is 4.90 Å². The Kier molecular flexibility index (Phi) is 6.32. The highest BCUT2D eigenvalue weighted by molar-refractivity contribution is 5.76. The first kappa shape index (κ1) is 20.0. The Morgan fingerprint density at radius 1 is 1.07 bits per heavy atom. The van der Waals surface area contributed by atoms with Gasteiger partial charge >= 0.3 is 0 Å². The predicted octanol–water partition coefficient (Wildman–Crippen LogP) is 3.73. The lowest BCUT2D eigenvalue weighted by atomic mass is 10.1. The summed E-state index contributed by atoms with van der Waals surface area (Å²) in [5.41, 5.74) is 4.00. The van der Waals surface area contributed by atoms with Crippen molar-refractivity contribution in [1.29, 1.82) is 0 Å². The summed E-state index contributed by atoms with van der Waals surface area (Å²) in [5.74, 6) is 0.867. The van der Waals surface area contributed by atoms with Gasteiger partial charge in [-0.1, -0.05) is 30.3 Å². The van der Waals surface area contributed by atoms with Crippen LogP contribution in [0.2, 0.25) is 0 Å². The van der Waals surface area contributed by atoms with E-state index in [-0.39, 0.29) is 5.91 Å². The molecule has 0 spiro atoms. The number of pyridine rings is 1. The first-order valence-corrected chi connectivity index (χ1v) is 10.5. The second-order valence-electron chi connectivity index (χ2n) is 7.70. The second kappa shape index (κ2) is 9.48. The van der Waals surface area contributed by atoms with E-state index in [2.05, 4.69) is 27.0 Å². The van der Waals surface area contributed by atoms with Crippen LogP contribution in [0.15, 0.2) is 61.1 Å². The summed E-state index contributed by atoms with van der Waals surface area (Å²) in [7, 11) is 1.85. The zero-order chi connectivity index (χ0) is 20.8. The Bertz CT molecular complexity index is 971. The molecular weight excluding hydrogens is 374 g/mol. The molecule has 4 rings (SSSR count). The summed E-state index contributed by atoms with van der Waals surface area (Å²) in [6.45, 7) is 2.43. The molecule has 1 amide bonds. The van der Waals surface area contributed by atoms with Crippen LogP contribution in [-0.4, -0.2) is 45.9 Å². The zero-order valence-electron chi connectivity index (χ0n) is 17.4. The average Bonchev–Trinajstić information content (AvgIpc) is 3.34. The number of benzene rings is 1. The van der Waals surface area contributed by atoms with Crippen LogP contribution in [0.4, 0.5) is 5.95 Å². The third-order valence-corrected chi connectivity index (χ3v) is 5.52. The lowest BCUT2D eigenvalue weighted by Crippen LogP contribution is -2.28. The molecule has 0 N–H and O–H groups in total. The van der Waals surface area contributed by atoms with Crippen LogP contribution in [0.5, 0.6) is 0 Å². The van der Waals surface area contributed by atoms with Gasteiger partial charge in [0, 0.05) is 50.7 Å². The molecule has 1 aliphatic rings. The molecule has 1 saturated heterocycles. The smallest absolute Gasteiger partial charge is 0.225 e. The Balaban J connectivity index is 1.52. The van der Waals surface area contributed by atoms with Gasteiger partial charge in [0.15, 0.2) is 0 Å². The van der Waals surface area contributed by atoms with Gasteiger partial charge in [-0.15, -0.1) is 0 Å². The summed E-state index contributed by atoms with van der Waals surface area (Å²) in [6.07, 6.45) is 8.97. The fourth-order valence-electron chi connectivity index (χ4n) is 3.77. The molecule has 3 heterocycles. The van der Waals surface area contributed by atoms with Crippen LogP contribution >= 0.6 is 0 Å². The minimum absolute atomic E-state index is 0.112. The monoisotopic (exact) mass is 401 g/mol. The quantitative estimate of drug-likeness (QED) is 0.604. The Morgan fingerprint density at radius 3 is 2.53 bits per heavy atom. The highest BCUT2D eigenvalue weighted by Gasteiger charge is 2.19. The lowest BCUT2D eigenvalue weighted by Gasteiger charge is -2.21. The van der Waals surface area contributed by atoms with Gasteiger partial charge in [-0.25, -0.2) is 9.97 Å². The molecule has 1 fully saturated rings. The van der Waals surface area contributed by atoms with E-state index in [0.717, 1.165) is 42.3 Å². The van der Waals surface area contributed by atoms with Crippen molar-refractivity contribution in [3.8, 4) is 11.1 Å². The molecule has 6 nitrogen and oxygen atoms in total. The first-order chi connectivity index (χ1) is 14.7. The van der Waals surface area contributed by atoms with E-state index in [1.54, 1.807) is 17.3 Å². The molecule has 0 radical (unpaired) electrons. The maximum Gasteiger partial charge on any atom is 0.225 e. The molecule has 30 heavy (non-hydrogen) atoms. The highest BCUT2D eigenvalue weighted by atomic mass is 16.2. The molecule has 2 aromatic heterocycles. The molecule has 0 aliphatic carbocycles. The van der Waals surface area contributed by atoms with Gasteiger partial charge in [0.2, 0.25) is 11.9 Å². The van der Waals surface area contributed by atoms with E-state index in [9.17, 15) is 4.79 Å². The Labute approximate surface area is 177 Å². The number of anilines is 1. The van der Waals surface area contributed by atoms with Crippen molar-refractivity contribution in [3.63, 3.8) is 0 Å². The van der Waals surface area contributed by atoms with Gasteiger partial charge in [0.05, 0.1) is 12.2 Å². The minimum atomic E-state index is 0.112. The molecule has 1 aliphatic heterocycles. The van der Waals surface area contributed by atoms with Gasteiger partial charge in [-0.3, -0.25) is 9.78 Å². The average molecular weight is 402 g/mol. The predicted molar refractivity (Wildman–Crippen MR) is 118 cm³/mol. The van der Waals surface area contributed by atoms with Crippen molar-refractivity contribution in [2.45, 2.75) is 32.2 Å². The molecular formula is C24H27N5O. The number of carbonyl (C=O) groups excluding carboxylic acids is 1. The maximum absolute atomic E-state index is 12.8. The van der Waals surface area contributed by atoms with Gasteiger partial charge in [0.1, 0.15) is 0 Å². The SMILES string of the molecule is CN(Cc1nc(N2CCCC2)ncc1-c1ccncc1)C(=O)CCc1ccccc1. The summed E-state index contributed by atoms with van der Waals surface area (Å²) in [6, 6.07) is 14.0. The third-order valence-electron chi connectivity index (χ3n) is 5.52. The van der Waals surface area contributed by atoms with E-state index in [1.165, 1.54) is 18.4 Å². The van der Waals surface area contributed by atoms with E-state index in [0.29, 0.717) is 13.0 Å². The lowest BCUT2D eigenvalue weighted by molar-refractivity contribution is -0.130. The molecule has 0 bridgehead atoms. The first-order valence-electron chi connectivity index (χ1n) is 10.5. The van der Waals surface area contributed by atoms with Gasteiger partial charge in [0.25, 0.3) is 0 Å². The molecule has 6 heteroatoms. The number of rotatable bonds is 7. The molecule has 0 unspecified atom stereocenters. The fraction of sp³-hybridized carbons (Fsp3) is 0.333. The summed E-state index contributed by atoms with van der Waals surface area (Å²) >= 11 is 0. The van der Waals surface area contributed by atoms with Crippen molar-refractivity contribution in [3.05, 3.63) is 72.3 Å². The number of hydrogen-bond donors (Lipinski definition) is 0. The van der Waals surface area contributed by atoms with Crippen LogP contribution in [0, 0.1) is 0 Å². The molecule has 0 saturated carbocycles. The van der Waals surface area contributed by atoms with Crippen molar-refractivity contribution in [2.24, 2.45) is 0 Å². The molecule has 3 aromatic rings. The summed E-state index contributed by atoms with van der Waals surface area (Å²) in [4.78, 5) is 30.4. The van der Waals surface area contributed by atoms with Crippen LogP contribution in [-0.2, 0) is 17.8 Å². The topological polar surface area (TPSA) is 62.2 Å². The van der Waals surface area contributed by atoms with E-state index < -0.39 is 0 Å². The Hall–Kier alpha value is -3.28. The second-order valence-corrected chi connectivity index (χ2v) is 7.70. The highest BCUT2D eigenvalue weighted by Crippen LogP contribution is 2.25. The van der Waals surface area contributed by atoms with Crippen LogP contribution in [0.25, 0.3) is 11.1 Å². The number of aromatic nitrogens is 3. The number of nitrogens with zero attached hydrogens (tertiary/aromatic N) is 5. The molecule has 0 atom stereocenters. The maximum atomic E-state index is 12.8. The zero-order valence-corrected chi connectivity index (χ0v) is 17.4.